The third-order valence-electron chi connectivity index (χ3n) is 4.90. The third-order valence-corrected chi connectivity index (χ3v) is 4.90. The summed E-state index contributed by atoms with van der Waals surface area (Å²) in [6.45, 7) is 3.86. The van der Waals surface area contributed by atoms with Gasteiger partial charge in [0.15, 0.2) is 5.65 Å². The summed E-state index contributed by atoms with van der Waals surface area (Å²) in [5.41, 5.74) is -0.409. The zero-order valence-corrected chi connectivity index (χ0v) is 17.4. The number of nitrogens with one attached hydrogen (secondary N) is 1. The van der Waals surface area contributed by atoms with Crippen molar-refractivity contribution in [3.63, 3.8) is 0 Å². The Balaban J connectivity index is 2.27. The number of aromatic nitrogens is 4. The molecule has 0 aliphatic rings. The SMILES string of the molecule is CC(C)[C@H](c1ccc(C(C)(F)F)c(F)c1)n1nc(CO)c2c(=O)[nH]c(N(C)C)nc21. The molecular formula is C20H24F3N5O2. The maximum absolute atomic E-state index is 14.5. The predicted octanol–water partition coefficient (Wildman–Crippen LogP) is 3.17. The summed E-state index contributed by atoms with van der Waals surface area (Å²) in [5, 5.41) is 14.2. The summed E-state index contributed by atoms with van der Waals surface area (Å²) in [6.07, 6.45) is 0. The molecule has 1 atom stereocenters. The second-order valence-electron chi connectivity index (χ2n) is 7.85. The first-order chi connectivity index (χ1) is 14.0. The van der Waals surface area contributed by atoms with Gasteiger partial charge in [-0.3, -0.25) is 9.78 Å². The highest BCUT2D eigenvalue weighted by Gasteiger charge is 2.31. The predicted molar refractivity (Wildman–Crippen MR) is 107 cm³/mol. The normalized spacial score (nSPS) is 13.3. The van der Waals surface area contributed by atoms with Crippen molar-refractivity contribution in [2.24, 2.45) is 5.92 Å². The van der Waals surface area contributed by atoms with Gasteiger partial charge in [-0.25, -0.2) is 17.9 Å². The maximum atomic E-state index is 14.5. The summed E-state index contributed by atoms with van der Waals surface area (Å²) >= 11 is 0. The Labute approximate surface area is 171 Å². The number of alkyl halides is 2. The molecule has 0 saturated carbocycles. The number of anilines is 1. The fourth-order valence-electron chi connectivity index (χ4n) is 3.50. The molecule has 1 aromatic carbocycles. The average Bonchev–Trinajstić information content (AvgIpc) is 2.99. The molecule has 162 valence electrons. The van der Waals surface area contributed by atoms with Gasteiger partial charge in [0, 0.05) is 21.0 Å². The highest BCUT2D eigenvalue weighted by atomic mass is 19.3. The van der Waals surface area contributed by atoms with Gasteiger partial charge in [0.1, 0.15) is 16.9 Å². The fraction of sp³-hybridized carbons (Fsp3) is 0.450. The molecule has 0 fully saturated rings. The van der Waals surface area contributed by atoms with Crippen molar-refractivity contribution in [2.75, 3.05) is 19.0 Å². The van der Waals surface area contributed by atoms with Gasteiger partial charge in [-0.2, -0.15) is 10.1 Å². The lowest BCUT2D eigenvalue weighted by Crippen LogP contribution is -2.22. The van der Waals surface area contributed by atoms with E-state index in [0.29, 0.717) is 12.5 Å². The fourth-order valence-corrected chi connectivity index (χ4v) is 3.50. The van der Waals surface area contributed by atoms with Crippen molar-refractivity contribution in [3.05, 3.63) is 51.2 Å². The molecule has 3 rings (SSSR count). The maximum Gasteiger partial charge on any atom is 0.273 e. The molecule has 0 saturated heterocycles. The molecule has 3 aromatic rings. The molecule has 10 heteroatoms. The number of aromatic amines is 1. The zero-order chi connectivity index (χ0) is 22.4. The van der Waals surface area contributed by atoms with E-state index in [1.807, 2.05) is 13.8 Å². The first kappa shape index (κ1) is 21.8. The van der Waals surface area contributed by atoms with Crippen LogP contribution in [-0.4, -0.2) is 39.0 Å². The van der Waals surface area contributed by atoms with Crippen LogP contribution in [-0.2, 0) is 12.5 Å². The van der Waals surface area contributed by atoms with E-state index >= 15 is 0 Å². The van der Waals surface area contributed by atoms with Crippen LogP contribution in [0.5, 0.6) is 0 Å². The van der Waals surface area contributed by atoms with Crippen LogP contribution in [0.2, 0.25) is 0 Å². The Morgan fingerprint density at radius 3 is 2.47 bits per heavy atom. The Morgan fingerprint density at radius 1 is 1.30 bits per heavy atom. The number of nitrogens with zero attached hydrogens (tertiary/aromatic N) is 4. The largest absolute Gasteiger partial charge is 0.390 e. The standard InChI is InChI=1S/C20H24F3N5O2/c1-10(2)16(11-6-7-12(13(21)8-11)20(3,22)23)28-17-15(14(9-29)26-28)18(30)25-19(24-17)27(4)5/h6-8,10,16,29H,9H2,1-5H3,(H,24,25,30)/t16-/m1/s1. The van der Waals surface area contributed by atoms with Crippen LogP contribution in [0, 0.1) is 11.7 Å². The van der Waals surface area contributed by atoms with Crippen LogP contribution >= 0.6 is 0 Å². The van der Waals surface area contributed by atoms with Gasteiger partial charge < -0.3 is 10.0 Å². The molecule has 0 unspecified atom stereocenters. The van der Waals surface area contributed by atoms with Gasteiger partial charge in [-0.15, -0.1) is 0 Å². The molecule has 0 aliphatic carbocycles. The van der Waals surface area contributed by atoms with Crippen LogP contribution in [0.25, 0.3) is 11.0 Å². The Bertz CT molecular complexity index is 1130. The smallest absolute Gasteiger partial charge is 0.273 e. The summed E-state index contributed by atoms with van der Waals surface area (Å²) in [4.78, 5) is 21.3. The molecule has 0 bridgehead atoms. The molecule has 2 N–H and O–H groups in total. The quantitative estimate of drug-likeness (QED) is 0.636. The summed E-state index contributed by atoms with van der Waals surface area (Å²) in [6, 6.07) is 2.94. The van der Waals surface area contributed by atoms with Crippen molar-refractivity contribution in [3.8, 4) is 0 Å². The summed E-state index contributed by atoms with van der Waals surface area (Å²) in [7, 11) is 3.41. The Hall–Kier alpha value is -2.88. The minimum absolute atomic E-state index is 0.130. The van der Waals surface area contributed by atoms with E-state index in [0.717, 1.165) is 12.1 Å². The van der Waals surface area contributed by atoms with Crippen molar-refractivity contribution < 1.29 is 18.3 Å². The van der Waals surface area contributed by atoms with Crippen LogP contribution in [0.3, 0.4) is 0 Å². The lowest BCUT2D eigenvalue weighted by atomic mass is 9.94. The third kappa shape index (κ3) is 3.79. The van der Waals surface area contributed by atoms with E-state index < -0.39 is 35.5 Å². The minimum Gasteiger partial charge on any atom is -0.390 e. The number of H-pyrrole nitrogens is 1. The topological polar surface area (TPSA) is 87.0 Å². The molecule has 2 heterocycles. The molecule has 0 spiro atoms. The lowest BCUT2D eigenvalue weighted by molar-refractivity contribution is 0.0137. The van der Waals surface area contributed by atoms with Crippen LogP contribution < -0.4 is 10.5 Å². The van der Waals surface area contributed by atoms with Gasteiger partial charge in [-0.05, 0) is 23.6 Å². The number of aliphatic hydroxyl groups is 1. The van der Waals surface area contributed by atoms with Gasteiger partial charge >= 0.3 is 0 Å². The molecule has 0 aliphatic heterocycles. The van der Waals surface area contributed by atoms with Gasteiger partial charge in [-0.1, -0.05) is 19.9 Å². The van der Waals surface area contributed by atoms with E-state index in [1.54, 1.807) is 19.0 Å². The van der Waals surface area contributed by atoms with E-state index in [9.17, 15) is 23.1 Å². The van der Waals surface area contributed by atoms with Crippen LogP contribution in [0.4, 0.5) is 19.1 Å². The first-order valence-electron chi connectivity index (χ1n) is 9.43. The van der Waals surface area contributed by atoms with Gasteiger partial charge in [0.25, 0.3) is 11.5 Å². The summed E-state index contributed by atoms with van der Waals surface area (Å²) < 4.78 is 43.2. The second kappa shape index (κ2) is 7.75. The van der Waals surface area contributed by atoms with Crippen molar-refractivity contribution in [2.45, 2.75) is 39.3 Å². The average molecular weight is 423 g/mol. The summed E-state index contributed by atoms with van der Waals surface area (Å²) in [5.74, 6) is -4.21. The minimum atomic E-state index is -3.31. The van der Waals surface area contributed by atoms with Gasteiger partial charge in [0.05, 0.1) is 18.2 Å². The number of rotatable bonds is 6. The van der Waals surface area contributed by atoms with E-state index in [4.69, 9.17) is 0 Å². The second-order valence-corrected chi connectivity index (χ2v) is 7.85. The molecule has 2 aromatic heterocycles. The molecular weight excluding hydrogens is 399 g/mol. The Kier molecular flexibility index (Phi) is 5.64. The number of hydrogen-bond donors (Lipinski definition) is 2. The van der Waals surface area contributed by atoms with Gasteiger partial charge in [0.2, 0.25) is 5.95 Å². The zero-order valence-electron chi connectivity index (χ0n) is 17.4. The first-order valence-corrected chi connectivity index (χ1v) is 9.43. The molecule has 0 radical (unpaired) electrons. The van der Waals surface area contributed by atoms with Crippen molar-refractivity contribution >= 4 is 17.0 Å². The Morgan fingerprint density at radius 2 is 1.97 bits per heavy atom. The molecule has 7 nitrogen and oxygen atoms in total. The number of benzene rings is 1. The van der Waals surface area contributed by atoms with Crippen molar-refractivity contribution in [1.82, 2.24) is 19.7 Å². The van der Waals surface area contributed by atoms with Crippen LogP contribution in [0.15, 0.2) is 23.0 Å². The van der Waals surface area contributed by atoms with E-state index in [-0.39, 0.29) is 28.6 Å². The molecule has 0 amide bonds. The number of aliphatic hydroxyl groups excluding tert-OH is 1. The molecule has 30 heavy (non-hydrogen) atoms. The van der Waals surface area contributed by atoms with E-state index in [2.05, 4.69) is 15.1 Å². The number of hydrogen-bond acceptors (Lipinski definition) is 5. The lowest BCUT2D eigenvalue weighted by Gasteiger charge is -2.24. The van der Waals surface area contributed by atoms with Crippen molar-refractivity contribution in [1.29, 1.82) is 0 Å². The monoisotopic (exact) mass is 423 g/mol. The van der Waals surface area contributed by atoms with Crippen LogP contribution in [0.1, 0.15) is 43.6 Å². The highest BCUT2D eigenvalue weighted by molar-refractivity contribution is 5.78. The highest BCUT2D eigenvalue weighted by Crippen LogP contribution is 2.34. The number of halogens is 3. The van der Waals surface area contributed by atoms with E-state index in [1.165, 1.54) is 10.7 Å². The number of fused-ring (bicyclic) bond motifs is 1.